The number of thioether (sulfide) groups is 1. The zero-order chi connectivity index (χ0) is 22.1. The predicted octanol–water partition coefficient (Wildman–Crippen LogP) is 3.67. The van der Waals surface area contributed by atoms with E-state index >= 15 is 0 Å². The molecule has 2 rings (SSSR count). The minimum absolute atomic E-state index is 0.253. The molecule has 0 aliphatic rings. The first-order valence-corrected chi connectivity index (χ1v) is 11.5. The Morgan fingerprint density at radius 3 is 2.33 bits per heavy atom. The number of carbonyl (C=O) groups is 3. The normalized spacial score (nSPS) is 12.5. The molecule has 9 heteroatoms. The van der Waals surface area contributed by atoms with Gasteiger partial charge in [-0.25, -0.2) is 4.79 Å². The molecule has 2 aromatic rings. The maximum Gasteiger partial charge on any atom is 0.316 e. The van der Waals surface area contributed by atoms with Crippen LogP contribution in [0.1, 0.15) is 35.3 Å². The topological polar surface area (TPSA) is 113 Å². The Morgan fingerprint density at radius 2 is 1.73 bits per heavy atom. The zero-order valence-electron chi connectivity index (χ0n) is 16.8. The van der Waals surface area contributed by atoms with Gasteiger partial charge >= 0.3 is 6.03 Å². The Balaban J connectivity index is 2.05. The monoisotopic (exact) mass is 492 g/mol. The highest BCUT2D eigenvalue weighted by molar-refractivity contribution is 9.10. The molecule has 0 aliphatic heterocycles. The minimum atomic E-state index is -0.657. The molecule has 0 aliphatic carbocycles. The van der Waals surface area contributed by atoms with Crippen molar-refractivity contribution in [3.8, 4) is 0 Å². The number of nitrogens with one attached hydrogen (secondary N) is 3. The van der Waals surface area contributed by atoms with Gasteiger partial charge in [0.05, 0.1) is 11.6 Å². The second-order valence-corrected chi connectivity index (χ2v) is 8.47. The standard InChI is InChI=1S/C21H25BrN4O3S/c1-13(14-7-9-15(10-8-14)25-21(23)29)24-20(28)18(11-12-30-2)26-19(27)16-5-3-4-6-17(16)22/h3-10,13,18H,11-12H2,1-2H3,(H,24,28)(H,26,27)(H3,23,25,29). The Bertz CT molecular complexity index is 892. The number of hydrogen-bond acceptors (Lipinski definition) is 4. The van der Waals surface area contributed by atoms with E-state index in [9.17, 15) is 14.4 Å². The average molecular weight is 493 g/mol. The van der Waals surface area contributed by atoms with Crippen molar-refractivity contribution in [2.24, 2.45) is 5.73 Å². The van der Waals surface area contributed by atoms with Crippen LogP contribution in [0.25, 0.3) is 0 Å². The van der Waals surface area contributed by atoms with E-state index in [1.807, 2.05) is 19.2 Å². The summed E-state index contributed by atoms with van der Waals surface area (Å²) >= 11 is 4.98. The molecule has 0 radical (unpaired) electrons. The van der Waals surface area contributed by atoms with Crippen molar-refractivity contribution in [2.75, 3.05) is 17.3 Å². The molecule has 2 aromatic carbocycles. The summed E-state index contributed by atoms with van der Waals surface area (Å²) in [6.07, 6.45) is 2.46. The van der Waals surface area contributed by atoms with Crippen LogP contribution in [0.2, 0.25) is 0 Å². The second-order valence-electron chi connectivity index (χ2n) is 6.63. The number of halogens is 1. The largest absolute Gasteiger partial charge is 0.351 e. The Morgan fingerprint density at radius 1 is 1.07 bits per heavy atom. The second kappa shape index (κ2) is 11.6. The molecular formula is C21H25BrN4O3S. The summed E-state index contributed by atoms with van der Waals surface area (Å²) in [5.74, 6) is 0.172. The molecule has 30 heavy (non-hydrogen) atoms. The van der Waals surface area contributed by atoms with Gasteiger partial charge in [-0.3, -0.25) is 9.59 Å². The van der Waals surface area contributed by atoms with Crippen molar-refractivity contribution in [2.45, 2.75) is 25.4 Å². The van der Waals surface area contributed by atoms with Crippen LogP contribution in [0, 0.1) is 0 Å². The first-order valence-electron chi connectivity index (χ1n) is 9.33. The number of carbonyl (C=O) groups excluding carboxylic acids is 3. The molecule has 0 bridgehead atoms. The highest BCUT2D eigenvalue weighted by Crippen LogP contribution is 2.18. The lowest BCUT2D eigenvalue weighted by atomic mass is 10.1. The number of primary amides is 1. The van der Waals surface area contributed by atoms with Gasteiger partial charge in [0.2, 0.25) is 5.91 Å². The fraction of sp³-hybridized carbons (Fsp3) is 0.286. The third-order valence-corrected chi connectivity index (χ3v) is 5.72. The lowest BCUT2D eigenvalue weighted by Gasteiger charge is -2.22. The fourth-order valence-electron chi connectivity index (χ4n) is 2.78. The van der Waals surface area contributed by atoms with E-state index in [1.54, 1.807) is 54.2 Å². The summed E-state index contributed by atoms with van der Waals surface area (Å²) < 4.78 is 0.671. The van der Waals surface area contributed by atoms with Crippen LogP contribution >= 0.6 is 27.7 Å². The van der Waals surface area contributed by atoms with Crippen LogP contribution in [0.5, 0.6) is 0 Å². The maximum absolute atomic E-state index is 12.9. The summed E-state index contributed by atoms with van der Waals surface area (Å²) in [6.45, 7) is 1.86. The molecule has 0 fully saturated rings. The molecule has 0 spiro atoms. The molecule has 160 valence electrons. The number of urea groups is 1. The van der Waals surface area contributed by atoms with Gasteiger partial charge in [-0.05, 0) is 71.1 Å². The van der Waals surface area contributed by atoms with Crippen LogP contribution in [0.4, 0.5) is 10.5 Å². The van der Waals surface area contributed by atoms with Crippen LogP contribution in [-0.4, -0.2) is 35.9 Å². The lowest BCUT2D eigenvalue weighted by Crippen LogP contribution is -2.47. The van der Waals surface area contributed by atoms with Crippen molar-refractivity contribution in [3.05, 3.63) is 64.1 Å². The van der Waals surface area contributed by atoms with Crippen LogP contribution < -0.4 is 21.7 Å². The fourth-order valence-corrected chi connectivity index (χ4v) is 3.72. The summed E-state index contributed by atoms with van der Waals surface area (Å²) in [5, 5.41) is 8.28. The Kier molecular flexibility index (Phi) is 9.19. The van der Waals surface area contributed by atoms with Gasteiger partial charge in [0.15, 0.2) is 0 Å². The van der Waals surface area contributed by atoms with Crippen molar-refractivity contribution < 1.29 is 14.4 Å². The Labute approximate surface area is 188 Å². The summed E-state index contributed by atoms with van der Waals surface area (Å²) in [4.78, 5) is 36.4. The van der Waals surface area contributed by atoms with Gasteiger partial charge in [0, 0.05) is 10.2 Å². The van der Waals surface area contributed by atoms with Crippen molar-refractivity contribution >= 4 is 51.2 Å². The highest BCUT2D eigenvalue weighted by atomic mass is 79.9. The summed E-state index contributed by atoms with van der Waals surface area (Å²) in [6, 6.07) is 12.5. The molecule has 0 aromatic heterocycles. The van der Waals surface area contributed by atoms with E-state index in [2.05, 4.69) is 31.9 Å². The predicted molar refractivity (Wildman–Crippen MR) is 125 cm³/mol. The number of anilines is 1. The molecule has 5 N–H and O–H groups in total. The molecule has 0 saturated carbocycles. The molecule has 2 unspecified atom stereocenters. The number of amides is 4. The Hall–Kier alpha value is -2.52. The van der Waals surface area contributed by atoms with E-state index < -0.39 is 12.1 Å². The van der Waals surface area contributed by atoms with E-state index in [0.717, 1.165) is 11.3 Å². The van der Waals surface area contributed by atoms with Gasteiger partial charge in [-0.2, -0.15) is 11.8 Å². The quantitative estimate of drug-likeness (QED) is 0.427. The van der Waals surface area contributed by atoms with Gasteiger partial charge in [0.1, 0.15) is 6.04 Å². The van der Waals surface area contributed by atoms with E-state index in [1.165, 1.54) is 0 Å². The smallest absolute Gasteiger partial charge is 0.316 e. The van der Waals surface area contributed by atoms with E-state index in [0.29, 0.717) is 22.1 Å². The first kappa shape index (κ1) is 23.8. The summed E-state index contributed by atoms with van der Waals surface area (Å²) in [5.41, 5.74) is 7.02. The van der Waals surface area contributed by atoms with Crippen LogP contribution in [0.3, 0.4) is 0 Å². The van der Waals surface area contributed by atoms with Crippen molar-refractivity contribution in [1.82, 2.24) is 10.6 Å². The molecular weight excluding hydrogens is 468 g/mol. The molecule has 7 nitrogen and oxygen atoms in total. The van der Waals surface area contributed by atoms with Gasteiger partial charge in [-0.1, -0.05) is 24.3 Å². The number of benzene rings is 2. The number of hydrogen-bond donors (Lipinski definition) is 4. The molecule has 4 amide bonds. The van der Waals surface area contributed by atoms with Crippen molar-refractivity contribution in [1.29, 1.82) is 0 Å². The minimum Gasteiger partial charge on any atom is -0.351 e. The van der Waals surface area contributed by atoms with Crippen LogP contribution in [0.15, 0.2) is 53.0 Å². The first-order chi connectivity index (χ1) is 14.3. The van der Waals surface area contributed by atoms with Gasteiger partial charge < -0.3 is 21.7 Å². The third kappa shape index (κ3) is 7.07. The highest BCUT2D eigenvalue weighted by Gasteiger charge is 2.23. The zero-order valence-corrected chi connectivity index (χ0v) is 19.2. The number of rotatable bonds is 9. The summed E-state index contributed by atoms with van der Waals surface area (Å²) in [7, 11) is 0. The third-order valence-electron chi connectivity index (χ3n) is 4.39. The van der Waals surface area contributed by atoms with E-state index in [4.69, 9.17) is 5.73 Å². The number of nitrogens with two attached hydrogens (primary N) is 1. The molecule has 0 heterocycles. The average Bonchev–Trinajstić information content (AvgIpc) is 2.71. The van der Waals surface area contributed by atoms with E-state index in [-0.39, 0.29) is 17.9 Å². The van der Waals surface area contributed by atoms with Crippen LogP contribution in [-0.2, 0) is 4.79 Å². The SMILES string of the molecule is CSCCC(NC(=O)c1ccccc1Br)C(=O)NC(C)c1ccc(NC(N)=O)cc1. The lowest BCUT2D eigenvalue weighted by molar-refractivity contribution is -0.123. The van der Waals surface area contributed by atoms with Crippen molar-refractivity contribution in [3.63, 3.8) is 0 Å². The molecule has 0 saturated heterocycles. The molecule has 2 atom stereocenters. The van der Waals surface area contributed by atoms with Gasteiger partial charge in [-0.15, -0.1) is 0 Å². The van der Waals surface area contributed by atoms with Gasteiger partial charge in [0.25, 0.3) is 5.91 Å². The maximum atomic E-state index is 12.9.